The molecular formula is C24H33N5OS2. The summed E-state index contributed by atoms with van der Waals surface area (Å²) in [6, 6.07) is 2.36. The van der Waals surface area contributed by atoms with E-state index in [1.54, 1.807) is 11.3 Å². The minimum atomic E-state index is -0.0884. The normalized spacial score (nSPS) is 18.3. The van der Waals surface area contributed by atoms with Gasteiger partial charge in [0.05, 0.1) is 11.3 Å². The largest absolute Gasteiger partial charge is 0.316 e. The Bertz CT molecular complexity index is 1030. The average Bonchev–Trinajstić information content (AvgIpc) is 3.45. The van der Waals surface area contributed by atoms with Crippen molar-refractivity contribution in [2.24, 2.45) is 11.3 Å². The van der Waals surface area contributed by atoms with Gasteiger partial charge in [-0.25, -0.2) is 0 Å². The van der Waals surface area contributed by atoms with Gasteiger partial charge < -0.3 is 9.88 Å². The molecule has 0 saturated heterocycles. The first kappa shape index (κ1) is 23.3. The molecule has 2 aliphatic carbocycles. The van der Waals surface area contributed by atoms with Gasteiger partial charge in [0.25, 0.3) is 0 Å². The molecule has 2 aliphatic rings. The predicted octanol–water partition coefficient (Wildman–Crippen LogP) is 5.77. The number of carbonyl (C=O) groups is 1. The molecule has 2 aromatic rings. The number of thioether (sulfide) groups is 1. The highest BCUT2D eigenvalue weighted by Crippen LogP contribution is 2.45. The van der Waals surface area contributed by atoms with Crippen molar-refractivity contribution in [1.82, 2.24) is 14.8 Å². The van der Waals surface area contributed by atoms with Gasteiger partial charge in [0, 0.05) is 17.3 Å². The van der Waals surface area contributed by atoms with E-state index < -0.39 is 0 Å². The number of carbonyl (C=O) groups excluding carboxylic acids is 1. The van der Waals surface area contributed by atoms with Crippen LogP contribution in [0.3, 0.4) is 0 Å². The van der Waals surface area contributed by atoms with Gasteiger partial charge in [0.1, 0.15) is 16.9 Å². The fraction of sp³-hybridized carbons (Fsp3) is 0.667. The Morgan fingerprint density at radius 3 is 2.75 bits per heavy atom. The molecule has 1 saturated carbocycles. The van der Waals surface area contributed by atoms with Crippen molar-refractivity contribution in [1.29, 1.82) is 5.26 Å². The number of nitriles is 1. The summed E-state index contributed by atoms with van der Waals surface area (Å²) in [7, 11) is 0. The summed E-state index contributed by atoms with van der Waals surface area (Å²) in [6.45, 7) is 9.96. The Morgan fingerprint density at radius 1 is 1.31 bits per heavy atom. The maximum atomic E-state index is 12.8. The quantitative estimate of drug-likeness (QED) is 0.469. The minimum Gasteiger partial charge on any atom is -0.316 e. The number of nitrogens with one attached hydrogen (secondary N) is 1. The predicted molar refractivity (Wildman–Crippen MR) is 130 cm³/mol. The van der Waals surface area contributed by atoms with Crippen LogP contribution in [0.2, 0.25) is 0 Å². The molecule has 1 fully saturated rings. The molecule has 4 rings (SSSR count). The number of amides is 1. The van der Waals surface area contributed by atoms with Crippen LogP contribution < -0.4 is 5.32 Å². The van der Waals surface area contributed by atoms with Crippen LogP contribution in [-0.2, 0) is 24.2 Å². The number of thiophene rings is 1. The summed E-state index contributed by atoms with van der Waals surface area (Å²) < 4.78 is 2.18. The zero-order chi connectivity index (χ0) is 22.9. The number of nitrogens with zero attached hydrogens (tertiary/aromatic N) is 4. The second-order valence-electron chi connectivity index (χ2n) is 9.71. The van der Waals surface area contributed by atoms with E-state index in [9.17, 15) is 10.1 Å². The molecule has 0 aliphatic heterocycles. The fourth-order valence-corrected chi connectivity index (χ4v) is 6.59. The van der Waals surface area contributed by atoms with Crippen molar-refractivity contribution < 1.29 is 4.79 Å². The first-order valence-electron chi connectivity index (χ1n) is 11.8. The lowest BCUT2D eigenvalue weighted by Gasteiger charge is -2.36. The zero-order valence-corrected chi connectivity index (χ0v) is 21.2. The van der Waals surface area contributed by atoms with Gasteiger partial charge in [-0.05, 0) is 55.4 Å². The molecule has 0 radical (unpaired) electrons. The van der Waals surface area contributed by atoms with Crippen LogP contribution in [0.15, 0.2) is 5.16 Å². The van der Waals surface area contributed by atoms with E-state index in [2.05, 4.69) is 53.8 Å². The molecule has 0 bridgehead atoms. The third-order valence-electron chi connectivity index (χ3n) is 7.11. The van der Waals surface area contributed by atoms with E-state index in [1.165, 1.54) is 29.5 Å². The van der Waals surface area contributed by atoms with Crippen LogP contribution in [-0.4, -0.2) is 26.4 Å². The van der Waals surface area contributed by atoms with Crippen LogP contribution in [0.4, 0.5) is 5.00 Å². The van der Waals surface area contributed by atoms with E-state index in [0.717, 1.165) is 55.2 Å². The first-order chi connectivity index (χ1) is 15.4. The minimum absolute atomic E-state index is 0.0884. The number of fused-ring (bicyclic) bond motifs is 1. The monoisotopic (exact) mass is 471 g/mol. The van der Waals surface area contributed by atoms with Crippen LogP contribution >= 0.6 is 23.1 Å². The van der Waals surface area contributed by atoms with Gasteiger partial charge in [-0.15, -0.1) is 21.5 Å². The first-order valence-corrected chi connectivity index (χ1v) is 13.6. The smallest absolute Gasteiger partial charge is 0.235 e. The lowest BCUT2D eigenvalue weighted by molar-refractivity contribution is -0.113. The van der Waals surface area contributed by atoms with Crippen LogP contribution in [0.25, 0.3) is 0 Å². The average molecular weight is 472 g/mol. The van der Waals surface area contributed by atoms with Crippen molar-refractivity contribution in [3.05, 3.63) is 21.8 Å². The van der Waals surface area contributed by atoms with Crippen molar-refractivity contribution in [2.45, 2.75) is 90.3 Å². The van der Waals surface area contributed by atoms with Gasteiger partial charge in [-0.2, -0.15) is 5.26 Å². The van der Waals surface area contributed by atoms with Gasteiger partial charge in [0.2, 0.25) is 5.91 Å². The second kappa shape index (κ2) is 9.56. The van der Waals surface area contributed by atoms with Gasteiger partial charge >= 0.3 is 0 Å². The van der Waals surface area contributed by atoms with E-state index in [1.807, 2.05) is 0 Å². The summed E-state index contributed by atoms with van der Waals surface area (Å²) in [6.07, 6.45) is 7.57. The number of hydrogen-bond acceptors (Lipinski definition) is 6. The fourth-order valence-electron chi connectivity index (χ4n) is 4.52. The van der Waals surface area contributed by atoms with E-state index >= 15 is 0 Å². The van der Waals surface area contributed by atoms with Crippen LogP contribution in [0.1, 0.15) is 87.5 Å². The lowest BCUT2D eigenvalue weighted by atomic mass is 9.69. The van der Waals surface area contributed by atoms with Crippen molar-refractivity contribution in [3.63, 3.8) is 0 Å². The molecule has 2 aromatic heterocycles. The summed E-state index contributed by atoms with van der Waals surface area (Å²) in [4.78, 5) is 14.0. The van der Waals surface area contributed by atoms with Crippen molar-refractivity contribution in [2.75, 3.05) is 11.1 Å². The van der Waals surface area contributed by atoms with E-state index in [-0.39, 0.29) is 11.7 Å². The van der Waals surface area contributed by atoms with Crippen LogP contribution in [0.5, 0.6) is 0 Å². The topological polar surface area (TPSA) is 83.6 Å². The maximum absolute atomic E-state index is 12.8. The molecular weight excluding hydrogens is 438 g/mol. The van der Waals surface area contributed by atoms with Crippen molar-refractivity contribution in [3.8, 4) is 6.07 Å². The summed E-state index contributed by atoms with van der Waals surface area (Å²) in [5.41, 5.74) is 2.11. The molecule has 0 aromatic carbocycles. The van der Waals surface area contributed by atoms with Gasteiger partial charge in [-0.1, -0.05) is 45.9 Å². The SMILES string of the molecule is CCCn1c(SCC(=O)Nc2sc3c(c2C#N)CCC(C(C)(C)CC)C3)nnc1C1CC1. The third-order valence-corrected chi connectivity index (χ3v) is 9.25. The zero-order valence-electron chi connectivity index (χ0n) is 19.5. The Kier molecular flexibility index (Phi) is 6.97. The summed E-state index contributed by atoms with van der Waals surface area (Å²) in [5.74, 6) is 2.40. The molecule has 8 heteroatoms. The molecule has 2 heterocycles. The van der Waals surface area contributed by atoms with Crippen molar-refractivity contribution >= 4 is 34.0 Å². The van der Waals surface area contributed by atoms with E-state index in [4.69, 9.17) is 0 Å². The molecule has 0 spiro atoms. The third kappa shape index (κ3) is 4.74. The Morgan fingerprint density at radius 2 is 2.09 bits per heavy atom. The number of anilines is 1. The molecule has 172 valence electrons. The Balaban J connectivity index is 1.43. The molecule has 1 amide bonds. The molecule has 1 unspecified atom stereocenters. The number of aromatic nitrogens is 3. The summed E-state index contributed by atoms with van der Waals surface area (Å²) in [5, 5.41) is 23.1. The molecule has 32 heavy (non-hydrogen) atoms. The molecule has 6 nitrogen and oxygen atoms in total. The highest BCUT2D eigenvalue weighted by molar-refractivity contribution is 7.99. The second-order valence-corrected chi connectivity index (χ2v) is 11.8. The lowest BCUT2D eigenvalue weighted by Crippen LogP contribution is -2.28. The van der Waals surface area contributed by atoms with Crippen LogP contribution in [0, 0.1) is 22.7 Å². The van der Waals surface area contributed by atoms with E-state index in [0.29, 0.717) is 27.8 Å². The maximum Gasteiger partial charge on any atom is 0.235 e. The highest BCUT2D eigenvalue weighted by Gasteiger charge is 2.34. The molecule has 1 atom stereocenters. The van der Waals surface area contributed by atoms with Gasteiger partial charge in [0.15, 0.2) is 5.16 Å². The Hall–Kier alpha value is -1.85. The Labute approximate surface area is 199 Å². The standard InChI is InChI=1S/C24H33N5OS2/c1-5-11-29-21(15-7-8-15)27-28-23(29)31-14-20(30)26-22-18(13-25)17-10-9-16(12-19(17)32-22)24(3,4)6-2/h15-16H,5-12,14H2,1-4H3,(H,26,30). The highest BCUT2D eigenvalue weighted by atomic mass is 32.2. The summed E-state index contributed by atoms with van der Waals surface area (Å²) >= 11 is 3.03. The van der Waals surface area contributed by atoms with Gasteiger partial charge in [-0.3, -0.25) is 4.79 Å². The number of hydrogen-bond donors (Lipinski definition) is 1. The number of rotatable bonds is 9. The molecule has 1 N–H and O–H groups in total.